The van der Waals surface area contributed by atoms with Gasteiger partial charge in [-0.05, 0) is 25.2 Å². The Balaban J connectivity index is 2.40. The number of unbranched alkanes of at least 4 members (excludes halogenated alkanes) is 4. The number of hydrogen-bond donors (Lipinski definition) is 0. The first kappa shape index (κ1) is 14.7. The van der Waals surface area contributed by atoms with E-state index in [1.165, 1.54) is 44.9 Å². The van der Waals surface area contributed by atoms with Crippen molar-refractivity contribution in [2.75, 3.05) is 0 Å². The van der Waals surface area contributed by atoms with Crippen molar-refractivity contribution in [2.45, 2.75) is 85.0 Å². The maximum Gasteiger partial charge on any atom is 0.139 e. The van der Waals surface area contributed by atoms with Crippen LogP contribution in [0, 0.1) is 11.3 Å². The summed E-state index contributed by atoms with van der Waals surface area (Å²) < 4.78 is 0. The molecule has 2 unspecified atom stereocenters. The van der Waals surface area contributed by atoms with E-state index in [1.54, 1.807) is 0 Å². The summed E-state index contributed by atoms with van der Waals surface area (Å²) in [6.45, 7) is 6.69. The summed E-state index contributed by atoms with van der Waals surface area (Å²) in [4.78, 5) is 12.0. The van der Waals surface area contributed by atoms with Gasteiger partial charge in [-0.25, -0.2) is 0 Å². The average Bonchev–Trinajstić information content (AvgIpc) is 2.34. The van der Waals surface area contributed by atoms with Crippen molar-refractivity contribution in [3.05, 3.63) is 0 Å². The summed E-state index contributed by atoms with van der Waals surface area (Å²) in [5.74, 6) is 1.28. The Morgan fingerprint density at radius 1 is 1.06 bits per heavy atom. The molecular formula is C16H30O. The molecule has 0 bridgehead atoms. The summed E-state index contributed by atoms with van der Waals surface area (Å²) in [6, 6.07) is 0. The maximum absolute atomic E-state index is 12.0. The third kappa shape index (κ3) is 3.33. The molecule has 1 saturated carbocycles. The fraction of sp³-hybridized carbons (Fsp3) is 0.938. The molecule has 0 spiro atoms. The molecule has 1 aliphatic rings. The summed E-state index contributed by atoms with van der Waals surface area (Å²) in [5, 5.41) is 0. The van der Waals surface area contributed by atoms with Gasteiger partial charge in [0.25, 0.3) is 0 Å². The normalized spacial score (nSPS) is 28.2. The topological polar surface area (TPSA) is 17.1 Å². The van der Waals surface area contributed by atoms with Gasteiger partial charge in [-0.1, -0.05) is 59.3 Å². The third-order valence-electron chi connectivity index (χ3n) is 4.78. The van der Waals surface area contributed by atoms with Crippen molar-refractivity contribution in [1.29, 1.82) is 0 Å². The highest BCUT2D eigenvalue weighted by Crippen LogP contribution is 2.51. The number of ketones is 1. The molecule has 0 heterocycles. The smallest absolute Gasteiger partial charge is 0.139 e. The Morgan fingerprint density at radius 3 is 2.29 bits per heavy atom. The number of carbonyl (C=O) groups is 1. The van der Waals surface area contributed by atoms with Crippen LogP contribution < -0.4 is 0 Å². The minimum Gasteiger partial charge on any atom is -0.299 e. The van der Waals surface area contributed by atoms with Crippen molar-refractivity contribution in [1.82, 2.24) is 0 Å². The molecule has 0 N–H and O–H groups in total. The SMILES string of the molecule is CCCCCCC1CC(=O)C1(CC)CCCC. The quantitative estimate of drug-likeness (QED) is 0.509. The van der Waals surface area contributed by atoms with Crippen LogP contribution in [0.5, 0.6) is 0 Å². The molecular weight excluding hydrogens is 208 g/mol. The van der Waals surface area contributed by atoms with Crippen molar-refractivity contribution in [3.63, 3.8) is 0 Å². The average molecular weight is 238 g/mol. The lowest BCUT2D eigenvalue weighted by atomic mass is 9.54. The molecule has 0 amide bonds. The highest BCUT2D eigenvalue weighted by molar-refractivity contribution is 5.91. The van der Waals surface area contributed by atoms with Crippen LogP contribution in [0.3, 0.4) is 0 Å². The Kier molecular flexibility index (Phi) is 6.22. The first-order valence-corrected chi connectivity index (χ1v) is 7.74. The van der Waals surface area contributed by atoms with E-state index in [9.17, 15) is 4.79 Å². The monoisotopic (exact) mass is 238 g/mol. The zero-order chi connectivity index (χ0) is 12.7. The standard InChI is InChI=1S/C16H30O/c1-4-7-9-10-11-14-13-15(17)16(14,6-3)12-8-5-2/h14H,4-13H2,1-3H3. The van der Waals surface area contributed by atoms with Gasteiger partial charge in [0, 0.05) is 11.8 Å². The van der Waals surface area contributed by atoms with Crippen LogP contribution in [0.2, 0.25) is 0 Å². The molecule has 1 rings (SSSR count). The minimum atomic E-state index is 0.0994. The van der Waals surface area contributed by atoms with Gasteiger partial charge in [0.05, 0.1) is 0 Å². The predicted molar refractivity (Wildman–Crippen MR) is 74.1 cm³/mol. The number of rotatable bonds is 9. The molecule has 1 heteroatoms. The molecule has 0 aliphatic heterocycles. The second kappa shape index (κ2) is 7.18. The molecule has 1 aliphatic carbocycles. The van der Waals surface area contributed by atoms with E-state index in [0.29, 0.717) is 11.7 Å². The zero-order valence-corrected chi connectivity index (χ0v) is 12.1. The van der Waals surface area contributed by atoms with Gasteiger partial charge in [0.15, 0.2) is 0 Å². The predicted octanol–water partition coefficient (Wildman–Crippen LogP) is 5.13. The van der Waals surface area contributed by atoms with Gasteiger partial charge in [-0.2, -0.15) is 0 Å². The van der Waals surface area contributed by atoms with Crippen LogP contribution in [0.15, 0.2) is 0 Å². The van der Waals surface area contributed by atoms with Crippen LogP contribution >= 0.6 is 0 Å². The van der Waals surface area contributed by atoms with Crippen LogP contribution in [-0.2, 0) is 4.79 Å². The van der Waals surface area contributed by atoms with Gasteiger partial charge >= 0.3 is 0 Å². The lowest BCUT2D eigenvalue weighted by Gasteiger charge is -2.48. The Hall–Kier alpha value is -0.330. The van der Waals surface area contributed by atoms with E-state index in [-0.39, 0.29) is 5.41 Å². The molecule has 0 aromatic rings. The van der Waals surface area contributed by atoms with Crippen molar-refractivity contribution >= 4 is 5.78 Å². The van der Waals surface area contributed by atoms with Crippen molar-refractivity contribution < 1.29 is 4.79 Å². The molecule has 100 valence electrons. The highest BCUT2D eigenvalue weighted by Gasteiger charge is 2.51. The highest BCUT2D eigenvalue weighted by atomic mass is 16.1. The van der Waals surface area contributed by atoms with E-state index in [4.69, 9.17) is 0 Å². The Bertz CT molecular complexity index is 234. The second-order valence-electron chi connectivity index (χ2n) is 5.79. The minimum absolute atomic E-state index is 0.0994. The van der Waals surface area contributed by atoms with E-state index in [0.717, 1.165) is 19.3 Å². The Labute approximate surface area is 107 Å². The van der Waals surface area contributed by atoms with Gasteiger partial charge in [0.1, 0.15) is 5.78 Å². The summed E-state index contributed by atoms with van der Waals surface area (Å²) in [7, 11) is 0. The summed E-state index contributed by atoms with van der Waals surface area (Å²) in [5.41, 5.74) is 0.0994. The van der Waals surface area contributed by atoms with E-state index < -0.39 is 0 Å². The zero-order valence-electron chi connectivity index (χ0n) is 12.1. The van der Waals surface area contributed by atoms with Gasteiger partial charge < -0.3 is 0 Å². The lowest BCUT2D eigenvalue weighted by Crippen LogP contribution is -2.49. The molecule has 0 saturated heterocycles. The van der Waals surface area contributed by atoms with Crippen molar-refractivity contribution in [3.8, 4) is 0 Å². The molecule has 0 aromatic heterocycles. The van der Waals surface area contributed by atoms with Crippen molar-refractivity contribution in [2.24, 2.45) is 11.3 Å². The summed E-state index contributed by atoms with van der Waals surface area (Å²) >= 11 is 0. The van der Waals surface area contributed by atoms with E-state index in [1.807, 2.05) is 0 Å². The third-order valence-corrected chi connectivity index (χ3v) is 4.78. The van der Waals surface area contributed by atoms with Crippen LogP contribution in [0.1, 0.15) is 85.0 Å². The van der Waals surface area contributed by atoms with Gasteiger partial charge in [-0.3, -0.25) is 4.79 Å². The first-order valence-electron chi connectivity index (χ1n) is 7.74. The van der Waals surface area contributed by atoms with Crippen LogP contribution in [0.4, 0.5) is 0 Å². The lowest BCUT2D eigenvalue weighted by molar-refractivity contribution is -0.148. The molecule has 2 atom stereocenters. The van der Waals surface area contributed by atoms with Crippen LogP contribution in [-0.4, -0.2) is 5.78 Å². The molecule has 1 nitrogen and oxygen atoms in total. The van der Waals surface area contributed by atoms with E-state index in [2.05, 4.69) is 20.8 Å². The fourth-order valence-electron chi connectivity index (χ4n) is 3.41. The second-order valence-corrected chi connectivity index (χ2v) is 5.79. The fourth-order valence-corrected chi connectivity index (χ4v) is 3.41. The van der Waals surface area contributed by atoms with Gasteiger partial charge in [0.2, 0.25) is 0 Å². The summed E-state index contributed by atoms with van der Waals surface area (Å²) in [6.07, 6.45) is 12.2. The van der Waals surface area contributed by atoms with E-state index >= 15 is 0 Å². The number of carbonyl (C=O) groups excluding carboxylic acids is 1. The number of Topliss-reactive ketones (excluding diaryl/α,β-unsaturated/α-hetero) is 1. The maximum atomic E-state index is 12.0. The molecule has 17 heavy (non-hydrogen) atoms. The Morgan fingerprint density at radius 2 is 1.76 bits per heavy atom. The molecule has 1 fully saturated rings. The largest absolute Gasteiger partial charge is 0.299 e. The van der Waals surface area contributed by atoms with Gasteiger partial charge in [-0.15, -0.1) is 0 Å². The van der Waals surface area contributed by atoms with Crippen LogP contribution in [0.25, 0.3) is 0 Å². The molecule has 0 radical (unpaired) electrons. The molecule has 0 aromatic carbocycles. The number of hydrogen-bond acceptors (Lipinski definition) is 1. The first-order chi connectivity index (χ1) is 8.21.